The molecular formula is C92H156. The average molecular weight is 1260 g/mol. The molecule has 0 aliphatic carbocycles. The Labute approximate surface area is 574 Å². The van der Waals surface area contributed by atoms with Gasteiger partial charge in [0.25, 0.3) is 0 Å². The zero-order valence-electron chi connectivity index (χ0n) is 62.7. The Balaban J connectivity index is 1.31. The molecule has 0 saturated heterocycles. The first-order valence-electron chi connectivity index (χ1n) is 42.9. The monoisotopic (exact) mass is 1260 g/mol. The molecule has 5 aromatic rings. The average Bonchev–Trinajstić information content (AvgIpc) is 0.705. The van der Waals surface area contributed by atoms with Gasteiger partial charge in [-0.05, 0) is 117 Å². The highest BCUT2D eigenvalue weighted by Gasteiger charge is 2.24. The maximum Gasteiger partial charge on any atom is -0.00179 e. The molecule has 0 bridgehead atoms. The molecule has 0 radical (unpaired) electrons. The third-order valence-corrected chi connectivity index (χ3v) is 22.5. The van der Waals surface area contributed by atoms with E-state index in [0.717, 1.165) is 0 Å². The summed E-state index contributed by atoms with van der Waals surface area (Å²) in [6, 6.07) is 20.0. The normalized spacial score (nSPS) is 12.0. The third-order valence-electron chi connectivity index (χ3n) is 22.5. The third kappa shape index (κ3) is 34.1. The highest BCUT2D eigenvalue weighted by molar-refractivity contribution is 6.34. The molecule has 0 aliphatic heterocycles. The summed E-state index contributed by atoms with van der Waals surface area (Å²) in [6.07, 6.45) is 96.9. The largest absolute Gasteiger partial charge is 0.0654 e. The van der Waals surface area contributed by atoms with Crippen LogP contribution in [0.5, 0.6) is 0 Å². The molecule has 92 heavy (non-hydrogen) atoms. The molecule has 5 rings (SSSR count). The van der Waals surface area contributed by atoms with Gasteiger partial charge in [0.2, 0.25) is 0 Å². The van der Waals surface area contributed by atoms with Gasteiger partial charge in [-0.1, -0.05) is 461 Å². The predicted octanol–water partition coefficient (Wildman–Crippen LogP) is 33.0. The van der Waals surface area contributed by atoms with E-state index in [0.29, 0.717) is 0 Å². The van der Waals surface area contributed by atoms with E-state index in [1.807, 2.05) is 11.1 Å². The van der Waals surface area contributed by atoms with Crippen LogP contribution >= 0.6 is 0 Å². The van der Waals surface area contributed by atoms with Gasteiger partial charge in [-0.3, -0.25) is 0 Å². The SMILES string of the molecule is CCCCCCCCCCCCCCCCCCc1c(CCCCCCCCCCCCCCCCCC)c2c(CCCCCCCCCCCCCCCCCC)ccc3c4cccc5cccc(c(c1CCCCCCCCCCCCCCCCCC)c23)c54. The van der Waals surface area contributed by atoms with E-state index in [1.54, 1.807) is 38.1 Å². The van der Waals surface area contributed by atoms with Crippen molar-refractivity contribution in [3.8, 4) is 0 Å². The second-order valence-corrected chi connectivity index (χ2v) is 30.8. The van der Waals surface area contributed by atoms with Crippen LogP contribution in [0.3, 0.4) is 0 Å². The van der Waals surface area contributed by atoms with Gasteiger partial charge < -0.3 is 0 Å². The molecule has 0 unspecified atom stereocenters. The second-order valence-electron chi connectivity index (χ2n) is 30.8. The van der Waals surface area contributed by atoms with Crippen LogP contribution < -0.4 is 0 Å². The molecule has 0 aromatic heterocycles. The van der Waals surface area contributed by atoms with Crippen LogP contribution in [0.4, 0.5) is 0 Å². The van der Waals surface area contributed by atoms with Gasteiger partial charge in [-0.15, -0.1) is 0 Å². The van der Waals surface area contributed by atoms with Gasteiger partial charge in [0, 0.05) is 0 Å². The molecule has 0 saturated carbocycles. The Hall–Kier alpha value is -2.60. The molecule has 0 amide bonds. The fourth-order valence-electron chi connectivity index (χ4n) is 16.7. The van der Waals surface area contributed by atoms with E-state index in [2.05, 4.69) is 76.2 Å². The number of aryl methyl sites for hydroxylation is 3. The Kier molecular flexibility index (Phi) is 49.1. The molecule has 524 valence electrons. The fourth-order valence-corrected chi connectivity index (χ4v) is 16.7. The van der Waals surface area contributed by atoms with Gasteiger partial charge >= 0.3 is 0 Å². The topological polar surface area (TPSA) is 0 Å². The van der Waals surface area contributed by atoms with Crippen LogP contribution in [0.15, 0.2) is 48.5 Å². The number of unbranched alkanes of at least 4 members (excludes halogenated alkanes) is 60. The summed E-state index contributed by atoms with van der Waals surface area (Å²) >= 11 is 0. The smallest absolute Gasteiger partial charge is 0.00179 e. The molecule has 0 N–H and O–H groups in total. The lowest BCUT2D eigenvalue weighted by molar-refractivity contribution is 0.528. The van der Waals surface area contributed by atoms with Crippen molar-refractivity contribution >= 4 is 43.1 Å². The van der Waals surface area contributed by atoms with Crippen LogP contribution in [-0.2, 0) is 25.7 Å². The van der Waals surface area contributed by atoms with Crippen molar-refractivity contribution in [2.24, 2.45) is 0 Å². The number of benzene rings is 5. The highest BCUT2D eigenvalue weighted by atomic mass is 14.3. The molecule has 0 spiro atoms. The Morgan fingerprint density at radius 1 is 0.163 bits per heavy atom. The fraction of sp³-hybridized carbons (Fsp3) is 0.783. The number of rotatable bonds is 68. The molecular weight excluding hydrogens is 1110 g/mol. The molecule has 0 heteroatoms. The second kappa shape index (κ2) is 56.4. The van der Waals surface area contributed by atoms with Crippen molar-refractivity contribution in [2.75, 3.05) is 0 Å². The van der Waals surface area contributed by atoms with E-state index in [-0.39, 0.29) is 0 Å². The molecule has 0 fully saturated rings. The number of hydrogen-bond acceptors (Lipinski definition) is 0. The Morgan fingerprint density at radius 2 is 0.391 bits per heavy atom. The van der Waals surface area contributed by atoms with Gasteiger partial charge in [-0.25, -0.2) is 0 Å². The minimum Gasteiger partial charge on any atom is -0.0654 e. The van der Waals surface area contributed by atoms with E-state index in [9.17, 15) is 0 Å². The Bertz CT molecular complexity index is 2420. The lowest BCUT2D eigenvalue weighted by Crippen LogP contribution is -2.08. The van der Waals surface area contributed by atoms with Crippen molar-refractivity contribution in [1.82, 2.24) is 0 Å². The predicted molar refractivity (Wildman–Crippen MR) is 421 cm³/mol. The first-order chi connectivity index (χ1) is 45.7. The van der Waals surface area contributed by atoms with Crippen molar-refractivity contribution < 1.29 is 0 Å². The van der Waals surface area contributed by atoms with Gasteiger partial charge in [0.1, 0.15) is 0 Å². The van der Waals surface area contributed by atoms with Crippen LogP contribution in [0.1, 0.15) is 461 Å². The molecule has 0 nitrogen and oxygen atoms in total. The number of hydrogen-bond donors (Lipinski definition) is 0. The summed E-state index contributed by atoms with van der Waals surface area (Å²) in [6.45, 7) is 9.34. The summed E-state index contributed by atoms with van der Waals surface area (Å²) in [5.74, 6) is 0. The van der Waals surface area contributed by atoms with E-state index < -0.39 is 0 Å². The Morgan fingerprint density at radius 3 is 0.685 bits per heavy atom. The lowest BCUT2D eigenvalue weighted by Gasteiger charge is -2.26. The summed E-state index contributed by atoms with van der Waals surface area (Å²) < 4.78 is 0. The van der Waals surface area contributed by atoms with Crippen molar-refractivity contribution in [3.05, 3.63) is 70.8 Å². The maximum absolute atomic E-state index is 2.67. The first-order valence-corrected chi connectivity index (χ1v) is 42.9. The lowest BCUT2D eigenvalue weighted by atomic mass is 9.78. The standard InChI is InChI=1S/C92H156/c1-5-9-13-17-21-25-29-33-37-41-45-49-53-57-61-65-71-82-79-80-87-86-77-69-72-81-73-70-78-88(89(81)86)91-85(76-68-64-60-56-52-48-44-40-36-32-28-24-20-16-12-8-4)83(74-66-62-58-54-50-46-42-38-34-30-26-22-18-14-10-6-2)84(90(82)92(87)91)75-67-63-59-55-51-47-43-39-35-31-27-23-19-15-11-7-3/h69-70,72-73,77-80H,5-68,71,74-76H2,1-4H3. The van der Waals surface area contributed by atoms with E-state index in [1.165, 1.54) is 453 Å². The van der Waals surface area contributed by atoms with Crippen molar-refractivity contribution in [2.45, 2.75) is 464 Å². The van der Waals surface area contributed by atoms with E-state index >= 15 is 0 Å². The number of fused-ring (bicyclic) bond motifs is 2. The van der Waals surface area contributed by atoms with Gasteiger partial charge in [0.15, 0.2) is 0 Å². The summed E-state index contributed by atoms with van der Waals surface area (Å²) in [7, 11) is 0. The van der Waals surface area contributed by atoms with Crippen LogP contribution in [0.2, 0.25) is 0 Å². The quantitative estimate of drug-likeness (QED) is 0.0207. The zero-order chi connectivity index (χ0) is 64.7. The van der Waals surface area contributed by atoms with Crippen molar-refractivity contribution in [1.29, 1.82) is 0 Å². The summed E-state index contributed by atoms with van der Waals surface area (Å²) in [4.78, 5) is 0. The minimum atomic E-state index is 1.24. The maximum atomic E-state index is 2.67. The minimum absolute atomic E-state index is 1.24. The zero-order valence-corrected chi connectivity index (χ0v) is 62.7. The van der Waals surface area contributed by atoms with Crippen LogP contribution in [-0.4, -0.2) is 0 Å². The van der Waals surface area contributed by atoms with Gasteiger partial charge in [-0.2, -0.15) is 0 Å². The summed E-state index contributed by atoms with van der Waals surface area (Å²) in [5, 5.41) is 12.6. The van der Waals surface area contributed by atoms with Gasteiger partial charge in [0.05, 0.1) is 0 Å². The van der Waals surface area contributed by atoms with Crippen molar-refractivity contribution in [3.63, 3.8) is 0 Å². The van der Waals surface area contributed by atoms with Crippen LogP contribution in [0, 0.1) is 0 Å². The molecule has 0 aliphatic rings. The molecule has 0 atom stereocenters. The summed E-state index contributed by atoms with van der Waals surface area (Å²) in [5.41, 5.74) is 7.14. The van der Waals surface area contributed by atoms with E-state index in [4.69, 9.17) is 0 Å². The molecule has 5 aromatic carbocycles. The van der Waals surface area contributed by atoms with Crippen LogP contribution in [0.25, 0.3) is 43.1 Å². The first kappa shape index (κ1) is 80.1. The molecule has 0 heterocycles. The highest BCUT2D eigenvalue weighted by Crippen LogP contribution is 2.47.